The van der Waals surface area contributed by atoms with Gasteiger partial charge in [0.1, 0.15) is 0 Å². The predicted octanol–water partition coefficient (Wildman–Crippen LogP) is 2.21. The summed E-state index contributed by atoms with van der Waals surface area (Å²) in [5.74, 6) is 0.853. The lowest BCUT2D eigenvalue weighted by Crippen LogP contribution is -2.12. The monoisotopic (exact) mass is 147 g/mol. The Balaban J connectivity index is 2.34. The second-order valence-electron chi connectivity index (χ2n) is 3.46. The molecule has 1 aromatic rings. The zero-order valence-electron chi connectivity index (χ0n) is 6.88. The van der Waals surface area contributed by atoms with E-state index in [1.807, 2.05) is 12.3 Å². The van der Waals surface area contributed by atoms with Crippen LogP contribution in [-0.2, 0) is 12.8 Å². The average Bonchev–Trinajstić information content (AvgIpc) is 2.04. The Morgan fingerprint density at radius 2 is 2.45 bits per heavy atom. The largest absolute Gasteiger partial charge is 0.261 e. The zero-order valence-corrected chi connectivity index (χ0v) is 6.88. The SMILES string of the molecule is CC1CCc2ncccc2C1. The van der Waals surface area contributed by atoms with Gasteiger partial charge in [0, 0.05) is 11.9 Å². The van der Waals surface area contributed by atoms with Crippen LogP contribution in [0.15, 0.2) is 18.3 Å². The fourth-order valence-corrected chi connectivity index (χ4v) is 1.74. The van der Waals surface area contributed by atoms with Crippen molar-refractivity contribution < 1.29 is 0 Å². The quantitative estimate of drug-likeness (QED) is 0.548. The highest BCUT2D eigenvalue weighted by Crippen LogP contribution is 2.22. The van der Waals surface area contributed by atoms with E-state index in [2.05, 4.69) is 18.0 Å². The summed E-state index contributed by atoms with van der Waals surface area (Å²) >= 11 is 0. The molecule has 1 aliphatic carbocycles. The summed E-state index contributed by atoms with van der Waals surface area (Å²) in [4.78, 5) is 4.35. The van der Waals surface area contributed by atoms with Gasteiger partial charge < -0.3 is 0 Å². The predicted molar refractivity (Wildman–Crippen MR) is 45.4 cm³/mol. The third-order valence-electron chi connectivity index (χ3n) is 2.43. The van der Waals surface area contributed by atoms with Crippen LogP contribution in [-0.4, -0.2) is 4.98 Å². The topological polar surface area (TPSA) is 12.9 Å². The molecule has 1 aromatic heterocycles. The molecule has 0 fully saturated rings. The van der Waals surface area contributed by atoms with E-state index >= 15 is 0 Å². The van der Waals surface area contributed by atoms with Crippen LogP contribution in [0.5, 0.6) is 0 Å². The van der Waals surface area contributed by atoms with Gasteiger partial charge >= 0.3 is 0 Å². The number of hydrogen-bond acceptors (Lipinski definition) is 1. The molecule has 0 saturated carbocycles. The second-order valence-corrected chi connectivity index (χ2v) is 3.46. The standard InChI is InChI=1S/C10H13N/c1-8-4-5-10-9(7-8)3-2-6-11-10/h2-3,6,8H,4-5,7H2,1H3. The molecule has 0 radical (unpaired) electrons. The summed E-state index contributed by atoms with van der Waals surface area (Å²) in [6.07, 6.45) is 5.61. The van der Waals surface area contributed by atoms with E-state index in [0.717, 1.165) is 5.92 Å². The van der Waals surface area contributed by atoms with Gasteiger partial charge in [-0.3, -0.25) is 4.98 Å². The summed E-state index contributed by atoms with van der Waals surface area (Å²) in [6, 6.07) is 4.24. The highest BCUT2D eigenvalue weighted by Gasteiger charge is 2.14. The molecule has 0 saturated heterocycles. The van der Waals surface area contributed by atoms with Crippen molar-refractivity contribution in [3.63, 3.8) is 0 Å². The Hall–Kier alpha value is -0.850. The minimum atomic E-state index is 0.853. The fourth-order valence-electron chi connectivity index (χ4n) is 1.74. The third-order valence-corrected chi connectivity index (χ3v) is 2.43. The maximum Gasteiger partial charge on any atom is 0.0435 e. The number of rotatable bonds is 0. The number of hydrogen-bond donors (Lipinski definition) is 0. The Labute approximate surface area is 67.5 Å². The van der Waals surface area contributed by atoms with Crippen LogP contribution >= 0.6 is 0 Å². The lowest BCUT2D eigenvalue weighted by atomic mass is 9.88. The van der Waals surface area contributed by atoms with E-state index < -0.39 is 0 Å². The Morgan fingerprint density at radius 3 is 3.36 bits per heavy atom. The average molecular weight is 147 g/mol. The first-order valence-electron chi connectivity index (χ1n) is 4.29. The Kier molecular flexibility index (Phi) is 1.65. The van der Waals surface area contributed by atoms with Crippen LogP contribution < -0.4 is 0 Å². The van der Waals surface area contributed by atoms with Crippen LogP contribution in [0.1, 0.15) is 24.6 Å². The third kappa shape index (κ3) is 1.28. The van der Waals surface area contributed by atoms with Gasteiger partial charge in [-0.15, -0.1) is 0 Å². The lowest BCUT2D eigenvalue weighted by Gasteiger charge is -2.19. The van der Waals surface area contributed by atoms with E-state index in [9.17, 15) is 0 Å². The first-order valence-corrected chi connectivity index (χ1v) is 4.29. The van der Waals surface area contributed by atoms with Gasteiger partial charge in [-0.25, -0.2) is 0 Å². The van der Waals surface area contributed by atoms with E-state index in [0.29, 0.717) is 0 Å². The summed E-state index contributed by atoms with van der Waals surface area (Å²) in [7, 11) is 0. The first-order chi connectivity index (χ1) is 5.36. The molecule has 1 aliphatic rings. The van der Waals surface area contributed by atoms with E-state index in [4.69, 9.17) is 0 Å². The number of pyridine rings is 1. The maximum absolute atomic E-state index is 4.35. The van der Waals surface area contributed by atoms with Crippen LogP contribution in [0.3, 0.4) is 0 Å². The molecule has 0 spiro atoms. The van der Waals surface area contributed by atoms with Gasteiger partial charge in [0.05, 0.1) is 0 Å². The normalized spacial score (nSPS) is 22.8. The van der Waals surface area contributed by atoms with E-state index in [1.165, 1.54) is 30.5 Å². The van der Waals surface area contributed by atoms with Crippen molar-refractivity contribution in [2.75, 3.05) is 0 Å². The summed E-state index contributed by atoms with van der Waals surface area (Å²) < 4.78 is 0. The number of aryl methyl sites for hydroxylation is 1. The van der Waals surface area contributed by atoms with Gasteiger partial charge in [-0.05, 0) is 36.8 Å². The molecular weight excluding hydrogens is 134 g/mol. The molecule has 1 unspecified atom stereocenters. The minimum Gasteiger partial charge on any atom is -0.261 e. The molecule has 1 nitrogen and oxygen atoms in total. The molecule has 0 aromatic carbocycles. The van der Waals surface area contributed by atoms with Crippen LogP contribution in [0, 0.1) is 5.92 Å². The molecule has 11 heavy (non-hydrogen) atoms. The number of aromatic nitrogens is 1. The summed E-state index contributed by atoms with van der Waals surface area (Å²) in [6.45, 7) is 2.32. The van der Waals surface area contributed by atoms with E-state index in [-0.39, 0.29) is 0 Å². The Bertz CT molecular complexity index is 255. The van der Waals surface area contributed by atoms with Gasteiger partial charge in [0.25, 0.3) is 0 Å². The van der Waals surface area contributed by atoms with Crippen molar-refractivity contribution in [2.24, 2.45) is 5.92 Å². The van der Waals surface area contributed by atoms with Gasteiger partial charge in [0.2, 0.25) is 0 Å². The van der Waals surface area contributed by atoms with Gasteiger partial charge in [-0.2, -0.15) is 0 Å². The van der Waals surface area contributed by atoms with Crippen molar-refractivity contribution in [3.8, 4) is 0 Å². The second kappa shape index (κ2) is 2.65. The summed E-state index contributed by atoms with van der Waals surface area (Å²) in [5.41, 5.74) is 2.79. The highest BCUT2D eigenvalue weighted by molar-refractivity contribution is 5.22. The van der Waals surface area contributed by atoms with Crippen molar-refractivity contribution in [1.82, 2.24) is 4.98 Å². The zero-order chi connectivity index (χ0) is 7.68. The molecule has 2 rings (SSSR count). The summed E-state index contributed by atoms with van der Waals surface area (Å²) in [5, 5.41) is 0. The fraction of sp³-hybridized carbons (Fsp3) is 0.500. The molecule has 0 amide bonds. The number of nitrogens with zero attached hydrogens (tertiary/aromatic N) is 1. The van der Waals surface area contributed by atoms with Crippen molar-refractivity contribution in [1.29, 1.82) is 0 Å². The number of fused-ring (bicyclic) bond motifs is 1. The van der Waals surface area contributed by atoms with Crippen LogP contribution in [0.4, 0.5) is 0 Å². The lowest BCUT2D eigenvalue weighted by molar-refractivity contribution is 0.494. The Morgan fingerprint density at radius 1 is 1.55 bits per heavy atom. The first kappa shape index (κ1) is 6.84. The molecule has 0 aliphatic heterocycles. The van der Waals surface area contributed by atoms with Crippen molar-refractivity contribution in [3.05, 3.63) is 29.6 Å². The molecule has 1 heteroatoms. The molecule has 58 valence electrons. The molecule has 0 N–H and O–H groups in total. The molecule has 1 heterocycles. The maximum atomic E-state index is 4.35. The van der Waals surface area contributed by atoms with Crippen molar-refractivity contribution >= 4 is 0 Å². The van der Waals surface area contributed by atoms with Gasteiger partial charge in [0.15, 0.2) is 0 Å². The molecule has 1 atom stereocenters. The highest BCUT2D eigenvalue weighted by atomic mass is 14.7. The smallest absolute Gasteiger partial charge is 0.0435 e. The molecular formula is C10H13N. The van der Waals surface area contributed by atoms with Crippen LogP contribution in [0.25, 0.3) is 0 Å². The van der Waals surface area contributed by atoms with Crippen molar-refractivity contribution in [2.45, 2.75) is 26.2 Å². The van der Waals surface area contributed by atoms with Crippen LogP contribution in [0.2, 0.25) is 0 Å². The van der Waals surface area contributed by atoms with Gasteiger partial charge in [-0.1, -0.05) is 13.0 Å². The van der Waals surface area contributed by atoms with E-state index in [1.54, 1.807) is 0 Å². The molecule has 0 bridgehead atoms. The minimum absolute atomic E-state index is 0.853.